The van der Waals surface area contributed by atoms with Gasteiger partial charge in [0.1, 0.15) is 6.04 Å². The summed E-state index contributed by atoms with van der Waals surface area (Å²) in [7, 11) is -3.55. The van der Waals surface area contributed by atoms with Crippen molar-refractivity contribution in [3.05, 3.63) is 54.1 Å². The van der Waals surface area contributed by atoms with Crippen molar-refractivity contribution < 1.29 is 13.2 Å². The average molecular weight is 418 g/mol. The molecule has 0 aliphatic rings. The molecule has 0 radical (unpaired) electrons. The molecule has 3 N–H and O–H groups in total. The van der Waals surface area contributed by atoms with E-state index in [1.165, 1.54) is 17.7 Å². The first-order valence-electron chi connectivity index (χ1n) is 9.92. The van der Waals surface area contributed by atoms with Crippen molar-refractivity contribution in [3.8, 4) is 0 Å². The molecule has 0 aliphatic heterocycles. The molecular formula is C22H31N3O3S. The minimum Gasteiger partial charge on any atom is -0.374 e. The van der Waals surface area contributed by atoms with Crippen LogP contribution >= 0.6 is 0 Å². The van der Waals surface area contributed by atoms with E-state index >= 15 is 0 Å². The van der Waals surface area contributed by atoms with E-state index in [-0.39, 0.29) is 16.8 Å². The number of sulfonamides is 1. The molecule has 0 saturated heterocycles. The Kier molecular flexibility index (Phi) is 7.81. The van der Waals surface area contributed by atoms with Gasteiger partial charge in [0, 0.05) is 17.4 Å². The number of hydrogen-bond acceptors (Lipinski definition) is 4. The minimum absolute atomic E-state index is 0.164. The lowest BCUT2D eigenvalue weighted by molar-refractivity contribution is -0.116. The number of nitrogens with one attached hydrogen (secondary N) is 3. The van der Waals surface area contributed by atoms with Gasteiger partial charge in [-0.2, -0.15) is 0 Å². The van der Waals surface area contributed by atoms with E-state index in [0.29, 0.717) is 11.6 Å². The van der Waals surface area contributed by atoms with Crippen LogP contribution in [-0.4, -0.2) is 26.4 Å². The Hall–Kier alpha value is -2.38. The largest absolute Gasteiger partial charge is 0.374 e. The lowest BCUT2D eigenvalue weighted by Gasteiger charge is -2.17. The van der Waals surface area contributed by atoms with Crippen molar-refractivity contribution in [1.29, 1.82) is 0 Å². The van der Waals surface area contributed by atoms with E-state index in [4.69, 9.17) is 0 Å². The molecule has 2 aromatic rings. The van der Waals surface area contributed by atoms with Crippen LogP contribution in [0.2, 0.25) is 0 Å². The molecule has 2 atom stereocenters. The Morgan fingerprint density at radius 3 is 1.97 bits per heavy atom. The zero-order valence-electron chi connectivity index (χ0n) is 17.7. The monoisotopic (exact) mass is 417 g/mol. The van der Waals surface area contributed by atoms with Gasteiger partial charge in [0.05, 0.1) is 4.90 Å². The molecule has 0 spiro atoms. The molecule has 0 heterocycles. The fraction of sp³-hybridized carbons (Fsp3) is 0.409. The summed E-state index contributed by atoms with van der Waals surface area (Å²) in [5, 5.41) is 5.99. The van der Waals surface area contributed by atoms with Crippen LogP contribution in [0.15, 0.2) is 53.4 Å². The van der Waals surface area contributed by atoms with E-state index in [1.807, 2.05) is 12.1 Å². The first-order chi connectivity index (χ1) is 13.6. The number of benzene rings is 2. The maximum atomic E-state index is 12.5. The third-order valence-corrected chi connectivity index (χ3v) is 6.37. The fourth-order valence-corrected chi connectivity index (χ4v) is 4.06. The highest BCUT2D eigenvalue weighted by molar-refractivity contribution is 7.89. The predicted molar refractivity (Wildman–Crippen MR) is 119 cm³/mol. The van der Waals surface area contributed by atoms with Crippen molar-refractivity contribution in [3.63, 3.8) is 0 Å². The Labute approximate surface area is 174 Å². The molecule has 6 nitrogen and oxygen atoms in total. The summed E-state index contributed by atoms with van der Waals surface area (Å²) in [5.74, 6) is 0.305. The maximum absolute atomic E-state index is 12.5. The van der Waals surface area contributed by atoms with Gasteiger partial charge in [-0.05, 0) is 75.1 Å². The van der Waals surface area contributed by atoms with Crippen LogP contribution < -0.4 is 15.4 Å². The third-order valence-electron chi connectivity index (χ3n) is 4.69. The first-order valence-corrected chi connectivity index (χ1v) is 11.4. The van der Waals surface area contributed by atoms with Gasteiger partial charge in [0.2, 0.25) is 15.9 Å². The van der Waals surface area contributed by atoms with Gasteiger partial charge in [-0.25, -0.2) is 13.1 Å². The number of rotatable bonds is 9. The van der Waals surface area contributed by atoms with Crippen LogP contribution in [0.3, 0.4) is 0 Å². The van der Waals surface area contributed by atoms with Crippen LogP contribution in [0.5, 0.6) is 0 Å². The number of amides is 1. The Morgan fingerprint density at radius 2 is 1.45 bits per heavy atom. The Bertz CT molecular complexity index is 907. The summed E-state index contributed by atoms with van der Waals surface area (Å²) >= 11 is 0. The van der Waals surface area contributed by atoms with Crippen LogP contribution in [0.25, 0.3) is 0 Å². The van der Waals surface area contributed by atoms with Gasteiger partial charge in [-0.15, -0.1) is 0 Å². The number of carbonyl (C=O) groups is 1. The summed E-state index contributed by atoms with van der Waals surface area (Å²) in [6.45, 7) is 9.65. The minimum atomic E-state index is -3.55. The standard InChI is InChI=1S/C22H31N3O3S/c1-6-16(4)18-7-9-19(10-8-18)23-17(5)22(26)24-20-11-13-21(14-12-20)29(27,28)25-15(2)3/h7-17,23,25H,6H2,1-5H3,(H,24,26)/t16-,17+/m1/s1. The molecule has 0 bridgehead atoms. The van der Waals surface area contributed by atoms with Gasteiger partial charge in [-0.3, -0.25) is 4.79 Å². The quantitative estimate of drug-likeness (QED) is 0.567. The van der Waals surface area contributed by atoms with Gasteiger partial charge >= 0.3 is 0 Å². The topological polar surface area (TPSA) is 87.3 Å². The molecule has 2 rings (SSSR count). The lowest BCUT2D eigenvalue weighted by atomic mass is 9.98. The molecule has 7 heteroatoms. The molecule has 158 valence electrons. The Balaban J connectivity index is 1.97. The van der Waals surface area contributed by atoms with Gasteiger partial charge in [-0.1, -0.05) is 26.0 Å². The highest BCUT2D eigenvalue weighted by Gasteiger charge is 2.16. The highest BCUT2D eigenvalue weighted by Crippen LogP contribution is 2.21. The molecule has 0 unspecified atom stereocenters. The zero-order chi connectivity index (χ0) is 21.6. The van der Waals surface area contributed by atoms with Crippen LogP contribution in [0.4, 0.5) is 11.4 Å². The second kappa shape index (κ2) is 9.89. The van der Waals surface area contributed by atoms with Gasteiger partial charge in [0.25, 0.3) is 0 Å². The molecule has 2 aromatic carbocycles. The molecule has 0 fully saturated rings. The lowest BCUT2D eigenvalue weighted by Crippen LogP contribution is -2.32. The second-order valence-corrected chi connectivity index (χ2v) is 9.30. The second-order valence-electron chi connectivity index (χ2n) is 7.59. The third kappa shape index (κ3) is 6.58. The van der Waals surface area contributed by atoms with E-state index < -0.39 is 16.1 Å². The van der Waals surface area contributed by atoms with E-state index in [0.717, 1.165) is 12.1 Å². The Morgan fingerprint density at radius 1 is 0.897 bits per heavy atom. The number of hydrogen-bond donors (Lipinski definition) is 3. The molecule has 29 heavy (non-hydrogen) atoms. The van der Waals surface area contributed by atoms with Gasteiger partial charge in [0.15, 0.2) is 0 Å². The van der Waals surface area contributed by atoms with Crippen molar-refractivity contribution in [2.24, 2.45) is 0 Å². The highest BCUT2D eigenvalue weighted by atomic mass is 32.2. The molecule has 0 saturated carbocycles. The van der Waals surface area contributed by atoms with E-state index in [9.17, 15) is 13.2 Å². The summed E-state index contributed by atoms with van der Waals surface area (Å²) in [6.07, 6.45) is 1.08. The van der Waals surface area contributed by atoms with Crippen molar-refractivity contribution in [2.75, 3.05) is 10.6 Å². The zero-order valence-corrected chi connectivity index (χ0v) is 18.5. The number of anilines is 2. The van der Waals surface area contributed by atoms with Crippen molar-refractivity contribution >= 4 is 27.3 Å². The van der Waals surface area contributed by atoms with Crippen molar-refractivity contribution in [1.82, 2.24) is 4.72 Å². The predicted octanol–water partition coefficient (Wildman–Crippen LogP) is 4.33. The molecular weight excluding hydrogens is 386 g/mol. The van der Waals surface area contributed by atoms with Crippen LogP contribution in [-0.2, 0) is 14.8 Å². The van der Waals surface area contributed by atoms with E-state index in [1.54, 1.807) is 32.9 Å². The summed E-state index contributed by atoms with van der Waals surface area (Å²) < 4.78 is 26.9. The molecule has 1 amide bonds. The SMILES string of the molecule is CC[C@@H](C)c1ccc(N[C@@H](C)C(=O)Nc2ccc(S(=O)(=O)NC(C)C)cc2)cc1. The van der Waals surface area contributed by atoms with Crippen molar-refractivity contribution in [2.45, 2.75) is 63.9 Å². The summed E-state index contributed by atoms with van der Waals surface area (Å²) in [5.41, 5.74) is 2.69. The summed E-state index contributed by atoms with van der Waals surface area (Å²) in [4.78, 5) is 12.6. The number of carbonyl (C=O) groups excluding carboxylic acids is 1. The normalized spacial score (nSPS) is 13.7. The van der Waals surface area contributed by atoms with Crippen LogP contribution in [0, 0.1) is 0 Å². The van der Waals surface area contributed by atoms with Crippen LogP contribution in [0.1, 0.15) is 52.5 Å². The molecule has 0 aromatic heterocycles. The smallest absolute Gasteiger partial charge is 0.246 e. The molecule has 0 aliphatic carbocycles. The summed E-state index contributed by atoms with van der Waals surface area (Å²) in [6, 6.07) is 13.6. The van der Waals surface area contributed by atoms with Gasteiger partial charge < -0.3 is 10.6 Å². The fourth-order valence-electron chi connectivity index (χ4n) is 2.81. The van der Waals surface area contributed by atoms with E-state index in [2.05, 4.69) is 41.3 Å². The average Bonchev–Trinajstić information content (AvgIpc) is 2.67. The first kappa shape index (κ1) is 22.9. The maximum Gasteiger partial charge on any atom is 0.246 e.